The highest BCUT2D eigenvalue weighted by Gasteiger charge is 2.20. The molecule has 1 saturated heterocycles. The molecule has 1 aliphatic rings. The van der Waals surface area contributed by atoms with Crippen molar-refractivity contribution >= 4 is 10.8 Å². The van der Waals surface area contributed by atoms with E-state index in [2.05, 4.69) is 47.5 Å². The summed E-state index contributed by atoms with van der Waals surface area (Å²) < 4.78 is 5.30. The Bertz CT molecular complexity index is 605. The van der Waals surface area contributed by atoms with Gasteiger partial charge in [-0.1, -0.05) is 25.1 Å². The van der Waals surface area contributed by atoms with E-state index in [1.165, 1.54) is 16.3 Å². The number of nitrogens with zero attached hydrogens (tertiary/aromatic N) is 1. The summed E-state index contributed by atoms with van der Waals surface area (Å²) in [6.07, 6.45) is 1.15. The van der Waals surface area contributed by atoms with Gasteiger partial charge in [0.05, 0.1) is 7.11 Å². The number of nitrogens with one attached hydrogen (secondary N) is 1. The summed E-state index contributed by atoms with van der Waals surface area (Å²) in [7, 11) is 1.72. The molecule has 112 valence electrons. The van der Waals surface area contributed by atoms with Crippen molar-refractivity contribution in [3.8, 4) is 5.75 Å². The van der Waals surface area contributed by atoms with Crippen LogP contribution < -0.4 is 10.1 Å². The smallest absolute Gasteiger partial charge is 0.119 e. The van der Waals surface area contributed by atoms with Gasteiger partial charge in [-0.25, -0.2) is 0 Å². The van der Waals surface area contributed by atoms with Crippen LogP contribution in [0.5, 0.6) is 5.75 Å². The first-order valence-corrected chi connectivity index (χ1v) is 7.84. The highest BCUT2D eigenvalue weighted by atomic mass is 16.5. The molecular formula is C18H24N2O. The van der Waals surface area contributed by atoms with Gasteiger partial charge in [-0.15, -0.1) is 0 Å². The number of piperazine rings is 1. The lowest BCUT2D eigenvalue weighted by Gasteiger charge is -2.34. The molecule has 0 aliphatic carbocycles. The molecule has 1 heterocycles. The van der Waals surface area contributed by atoms with Crippen LogP contribution in [0.3, 0.4) is 0 Å². The second-order valence-corrected chi connectivity index (χ2v) is 5.68. The van der Waals surface area contributed by atoms with Crippen molar-refractivity contribution in [2.24, 2.45) is 0 Å². The third-order valence-electron chi connectivity index (χ3n) is 4.44. The summed E-state index contributed by atoms with van der Waals surface area (Å²) >= 11 is 0. The first kappa shape index (κ1) is 14.4. The summed E-state index contributed by atoms with van der Waals surface area (Å²) in [4.78, 5) is 2.60. The van der Waals surface area contributed by atoms with Crippen LogP contribution >= 0.6 is 0 Å². The molecule has 2 aromatic rings. The third kappa shape index (κ3) is 3.04. The average Bonchev–Trinajstić information content (AvgIpc) is 2.56. The summed E-state index contributed by atoms with van der Waals surface area (Å²) in [6, 6.07) is 13.7. The van der Waals surface area contributed by atoms with E-state index in [9.17, 15) is 0 Å². The normalized spacial score (nSPS) is 17.8. The van der Waals surface area contributed by atoms with Gasteiger partial charge < -0.3 is 10.1 Å². The molecule has 0 bridgehead atoms. The van der Waals surface area contributed by atoms with E-state index in [0.717, 1.165) is 38.3 Å². The summed E-state index contributed by atoms with van der Waals surface area (Å²) in [5, 5.41) is 5.97. The first-order valence-electron chi connectivity index (χ1n) is 7.84. The Kier molecular flexibility index (Phi) is 4.42. The molecular weight excluding hydrogens is 260 g/mol. The molecule has 0 amide bonds. The minimum atomic E-state index is 0.526. The van der Waals surface area contributed by atoms with E-state index in [0.29, 0.717) is 6.04 Å². The van der Waals surface area contributed by atoms with Crippen LogP contribution in [-0.2, 0) is 0 Å². The third-order valence-corrected chi connectivity index (χ3v) is 4.44. The maximum Gasteiger partial charge on any atom is 0.119 e. The second-order valence-electron chi connectivity index (χ2n) is 5.68. The standard InChI is InChI=1S/C18H24N2O/c1-3-18(20-10-8-19-9-11-20)16-5-4-15-13-17(21-2)7-6-14(15)12-16/h4-7,12-13,18-19H,3,8-11H2,1-2H3/t18-/m0/s1. The van der Waals surface area contributed by atoms with Crippen LogP contribution in [0.2, 0.25) is 0 Å². The Morgan fingerprint density at radius 1 is 1.10 bits per heavy atom. The monoisotopic (exact) mass is 284 g/mol. The lowest BCUT2D eigenvalue weighted by molar-refractivity contribution is 0.169. The van der Waals surface area contributed by atoms with Crippen molar-refractivity contribution in [2.45, 2.75) is 19.4 Å². The van der Waals surface area contributed by atoms with Crippen LogP contribution in [0.25, 0.3) is 10.8 Å². The van der Waals surface area contributed by atoms with Gasteiger partial charge in [0.1, 0.15) is 5.75 Å². The summed E-state index contributed by atoms with van der Waals surface area (Å²) in [5.74, 6) is 0.921. The van der Waals surface area contributed by atoms with Gasteiger partial charge in [-0.3, -0.25) is 4.90 Å². The Morgan fingerprint density at radius 2 is 1.81 bits per heavy atom. The van der Waals surface area contributed by atoms with Crippen molar-refractivity contribution < 1.29 is 4.74 Å². The van der Waals surface area contributed by atoms with E-state index in [1.54, 1.807) is 7.11 Å². The van der Waals surface area contributed by atoms with Gasteiger partial charge >= 0.3 is 0 Å². The molecule has 21 heavy (non-hydrogen) atoms. The van der Waals surface area contributed by atoms with Crippen molar-refractivity contribution in [1.29, 1.82) is 0 Å². The molecule has 0 radical (unpaired) electrons. The molecule has 3 nitrogen and oxygen atoms in total. The molecule has 0 unspecified atom stereocenters. The second kappa shape index (κ2) is 6.46. The fraction of sp³-hybridized carbons (Fsp3) is 0.444. The number of hydrogen-bond acceptors (Lipinski definition) is 3. The highest BCUT2D eigenvalue weighted by molar-refractivity contribution is 5.84. The minimum absolute atomic E-state index is 0.526. The molecule has 0 spiro atoms. The minimum Gasteiger partial charge on any atom is -0.497 e. The molecule has 1 fully saturated rings. The Labute approximate surface area is 126 Å². The maximum atomic E-state index is 5.30. The van der Waals surface area contributed by atoms with Crippen LogP contribution in [-0.4, -0.2) is 38.2 Å². The van der Waals surface area contributed by atoms with Crippen molar-refractivity contribution in [3.63, 3.8) is 0 Å². The summed E-state index contributed by atoms with van der Waals surface area (Å²) in [6.45, 7) is 6.76. The fourth-order valence-electron chi connectivity index (χ4n) is 3.28. The number of rotatable bonds is 4. The molecule has 0 aromatic heterocycles. The van der Waals surface area contributed by atoms with E-state index >= 15 is 0 Å². The zero-order chi connectivity index (χ0) is 14.7. The largest absolute Gasteiger partial charge is 0.497 e. The van der Waals surface area contributed by atoms with Gasteiger partial charge in [0.25, 0.3) is 0 Å². The van der Waals surface area contributed by atoms with Crippen LogP contribution in [0.4, 0.5) is 0 Å². The quantitative estimate of drug-likeness (QED) is 0.933. The fourth-order valence-corrected chi connectivity index (χ4v) is 3.28. The molecule has 1 N–H and O–H groups in total. The Morgan fingerprint density at radius 3 is 2.52 bits per heavy atom. The number of fused-ring (bicyclic) bond motifs is 1. The lowest BCUT2D eigenvalue weighted by Crippen LogP contribution is -2.45. The van der Waals surface area contributed by atoms with E-state index in [1.807, 2.05) is 6.07 Å². The topological polar surface area (TPSA) is 24.5 Å². The average molecular weight is 284 g/mol. The first-order chi connectivity index (χ1) is 10.3. The predicted molar refractivity (Wildman–Crippen MR) is 88.0 cm³/mol. The van der Waals surface area contributed by atoms with Crippen molar-refractivity contribution in [1.82, 2.24) is 10.2 Å². The van der Waals surface area contributed by atoms with Gasteiger partial charge in [0.15, 0.2) is 0 Å². The van der Waals surface area contributed by atoms with Crippen molar-refractivity contribution in [3.05, 3.63) is 42.0 Å². The van der Waals surface area contributed by atoms with Crippen LogP contribution in [0.1, 0.15) is 24.9 Å². The van der Waals surface area contributed by atoms with Gasteiger partial charge in [0, 0.05) is 32.2 Å². The summed E-state index contributed by atoms with van der Waals surface area (Å²) in [5.41, 5.74) is 1.43. The van der Waals surface area contributed by atoms with Crippen LogP contribution in [0.15, 0.2) is 36.4 Å². The number of ether oxygens (including phenoxy) is 1. The Hall–Kier alpha value is -1.58. The molecule has 3 heteroatoms. The SMILES string of the molecule is CC[C@@H](c1ccc2cc(OC)ccc2c1)N1CCNCC1. The van der Waals surface area contributed by atoms with Crippen LogP contribution in [0, 0.1) is 0 Å². The van der Waals surface area contributed by atoms with Gasteiger partial charge in [-0.05, 0) is 41.0 Å². The number of methoxy groups -OCH3 is 1. The van der Waals surface area contributed by atoms with E-state index in [-0.39, 0.29) is 0 Å². The molecule has 3 rings (SSSR count). The van der Waals surface area contributed by atoms with E-state index < -0.39 is 0 Å². The van der Waals surface area contributed by atoms with Gasteiger partial charge in [0.2, 0.25) is 0 Å². The maximum absolute atomic E-state index is 5.30. The lowest BCUT2D eigenvalue weighted by atomic mass is 9.98. The number of benzene rings is 2. The molecule has 0 saturated carbocycles. The van der Waals surface area contributed by atoms with Crippen molar-refractivity contribution in [2.75, 3.05) is 33.3 Å². The van der Waals surface area contributed by atoms with E-state index in [4.69, 9.17) is 4.74 Å². The predicted octanol–water partition coefficient (Wildman–Crippen LogP) is 3.20. The molecule has 2 aromatic carbocycles. The molecule has 1 atom stereocenters. The Balaban J connectivity index is 1.91. The van der Waals surface area contributed by atoms with Gasteiger partial charge in [-0.2, -0.15) is 0 Å². The zero-order valence-electron chi connectivity index (χ0n) is 12.9. The molecule has 1 aliphatic heterocycles. The number of hydrogen-bond donors (Lipinski definition) is 1. The highest BCUT2D eigenvalue weighted by Crippen LogP contribution is 2.29. The zero-order valence-corrected chi connectivity index (χ0v) is 12.9.